The molecule has 26 heavy (non-hydrogen) atoms. The summed E-state index contributed by atoms with van der Waals surface area (Å²) >= 11 is 1.67. The first-order valence-electron chi connectivity index (χ1n) is 8.15. The van der Waals surface area contributed by atoms with Crippen LogP contribution in [-0.4, -0.2) is 42.4 Å². The molecule has 2 rings (SSSR count). The van der Waals surface area contributed by atoms with Gasteiger partial charge in [-0.3, -0.25) is 4.79 Å². The highest BCUT2D eigenvalue weighted by atomic mass is 127. The van der Waals surface area contributed by atoms with E-state index in [-0.39, 0.29) is 36.4 Å². The number of nitrogens with zero attached hydrogens (tertiary/aromatic N) is 3. The molecule has 0 bridgehead atoms. The minimum atomic E-state index is -0.00449. The van der Waals surface area contributed by atoms with Gasteiger partial charge in [0.25, 0.3) is 0 Å². The molecule has 0 saturated carbocycles. The number of aromatic nitrogens is 1. The van der Waals surface area contributed by atoms with Gasteiger partial charge in [-0.15, -0.1) is 35.3 Å². The maximum atomic E-state index is 11.8. The highest BCUT2D eigenvalue weighted by Crippen LogP contribution is 2.15. The Bertz CT molecular complexity index is 711. The van der Waals surface area contributed by atoms with Crippen LogP contribution in [0.5, 0.6) is 0 Å². The van der Waals surface area contributed by atoms with Crippen LogP contribution in [0.15, 0.2) is 35.3 Å². The van der Waals surface area contributed by atoms with Crippen molar-refractivity contribution in [1.29, 1.82) is 0 Å². The first-order valence-corrected chi connectivity index (χ1v) is 8.96. The number of rotatable bonds is 6. The average molecular weight is 487 g/mol. The van der Waals surface area contributed by atoms with Crippen molar-refractivity contribution in [1.82, 2.24) is 20.5 Å². The third-order valence-corrected chi connectivity index (χ3v) is 4.72. The third-order valence-electron chi connectivity index (χ3n) is 3.65. The normalized spacial score (nSPS) is 10.8. The zero-order chi connectivity index (χ0) is 18.2. The summed E-state index contributed by atoms with van der Waals surface area (Å²) in [5.41, 5.74) is 2.17. The van der Waals surface area contributed by atoms with E-state index in [0.717, 1.165) is 16.3 Å². The van der Waals surface area contributed by atoms with E-state index >= 15 is 0 Å². The highest BCUT2D eigenvalue weighted by Gasteiger charge is 2.08. The maximum Gasteiger partial charge on any atom is 0.241 e. The summed E-state index contributed by atoms with van der Waals surface area (Å²) in [6.07, 6.45) is 0. The fourth-order valence-corrected chi connectivity index (χ4v) is 2.89. The predicted octanol–water partition coefficient (Wildman–Crippen LogP) is 2.70. The van der Waals surface area contributed by atoms with Gasteiger partial charge in [-0.05, 0) is 19.4 Å². The first kappa shape index (κ1) is 22.4. The van der Waals surface area contributed by atoms with Gasteiger partial charge in [0.1, 0.15) is 5.01 Å². The molecule has 0 saturated heterocycles. The minimum absolute atomic E-state index is 0. The van der Waals surface area contributed by atoms with Crippen molar-refractivity contribution in [3.8, 4) is 0 Å². The lowest BCUT2D eigenvalue weighted by atomic mass is 10.2. The first-order chi connectivity index (χ1) is 12.0. The van der Waals surface area contributed by atoms with Gasteiger partial charge in [0, 0.05) is 19.0 Å². The maximum absolute atomic E-state index is 11.8. The standard InChI is InChI=1S/C18H25N5OS.HI/c1-13-14(2)25-16(22-13)11-20-18(21-12-17(24)23(3)4)19-10-15-8-6-5-7-9-15;/h5-9H,10-12H2,1-4H3,(H2,19,20,21);1H. The number of halogens is 1. The van der Waals surface area contributed by atoms with Crippen LogP contribution in [0.3, 0.4) is 0 Å². The molecule has 142 valence electrons. The zero-order valence-corrected chi connectivity index (χ0v) is 18.7. The highest BCUT2D eigenvalue weighted by molar-refractivity contribution is 14.0. The van der Waals surface area contributed by atoms with E-state index in [1.54, 1.807) is 30.3 Å². The Hall–Kier alpha value is -1.68. The molecular weight excluding hydrogens is 461 g/mol. The van der Waals surface area contributed by atoms with E-state index in [0.29, 0.717) is 19.0 Å². The Balaban J connectivity index is 0.00000338. The fraction of sp³-hybridized carbons (Fsp3) is 0.389. The quantitative estimate of drug-likeness (QED) is 0.374. The number of carbonyl (C=O) groups excluding carboxylic acids is 1. The van der Waals surface area contributed by atoms with Gasteiger partial charge in [0.15, 0.2) is 5.96 Å². The van der Waals surface area contributed by atoms with Crippen LogP contribution in [-0.2, 0) is 17.9 Å². The number of carbonyl (C=O) groups is 1. The number of benzene rings is 1. The average Bonchev–Trinajstić information content (AvgIpc) is 2.92. The second kappa shape index (κ2) is 11.1. The summed E-state index contributed by atoms with van der Waals surface area (Å²) < 4.78 is 0. The summed E-state index contributed by atoms with van der Waals surface area (Å²) in [7, 11) is 3.47. The van der Waals surface area contributed by atoms with Crippen molar-refractivity contribution in [2.24, 2.45) is 4.99 Å². The van der Waals surface area contributed by atoms with Crippen LogP contribution >= 0.6 is 35.3 Å². The van der Waals surface area contributed by atoms with Gasteiger partial charge in [-0.2, -0.15) is 0 Å². The molecule has 0 spiro atoms. The van der Waals surface area contributed by atoms with E-state index in [2.05, 4.69) is 27.5 Å². The number of aliphatic imine (C=N–C) groups is 1. The third kappa shape index (κ3) is 7.28. The predicted molar refractivity (Wildman–Crippen MR) is 118 cm³/mol. The van der Waals surface area contributed by atoms with Crippen molar-refractivity contribution in [3.05, 3.63) is 51.5 Å². The number of guanidine groups is 1. The molecule has 1 aromatic heterocycles. The summed E-state index contributed by atoms with van der Waals surface area (Å²) in [6, 6.07) is 10.0. The van der Waals surface area contributed by atoms with Crippen LogP contribution < -0.4 is 10.6 Å². The van der Waals surface area contributed by atoms with Crippen LogP contribution in [0, 0.1) is 13.8 Å². The molecule has 8 heteroatoms. The lowest BCUT2D eigenvalue weighted by Gasteiger charge is -2.14. The molecule has 0 aliphatic rings. The van der Waals surface area contributed by atoms with E-state index in [1.807, 2.05) is 37.3 Å². The molecule has 0 aliphatic carbocycles. The Labute approximate surface area is 176 Å². The number of aryl methyl sites for hydroxylation is 2. The van der Waals surface area contributed by atoms with Crippen molar-refractivity contribution in [2.45, 2.75) is 26.9 Å². The molecule has 0 aliphatic heterocycles. The fourth-order valence-electron chi connectivity index (χ4n) is 2.02. The molecular formula is C18H26IN5OS. The lowest BCUT2D eigenvalue weighted by molar-refractivity contribution is -0.127. The van der Waals surface area contributed by atoms with E-state index in [4.69, 9.17) is 0 Å². The molecule has 2 aromatic rings. The number of nitrogens with one attached hydrogen (secondary N) is 2. The van der Waals surface area contributed by atoms with Gasteiger partial charge in [0.05, 0.1) is 25.3 Å². The number of likely N-dealkylation sites (N-methyl/N-ethyl adjacent to an activating group) is 1. The largest absolute Gasteiger partial charge is 0.350 e. The van der Waals surface area contributed by atoms with E-state index in [9.17, 15) is 4.79 Å². The van der Waals surface area contributed by atoms with Gasteiger partial charge in [-0.1, -0.05) is 30.3 Å². The van der Waals surface area contributed by atoms with Crippen molar-refractivity contribution >= 4 is 47.2 Å². The molecule has 6 nitrogen and oxygen atoms in total. The van der Waals surface area contributed by atoms with Gasteiger partial charge in [0.2, 0.25) is 5.91 Å². The number of hydrogen-bond donors (Lipinski definition) is 2. The van der Waals surface area contributed by atoms with Gasteiger partial charge in [-0.25, -0.2) is 9.98 Å². The monoisotopic (exact) mass is 487 g/mol. The molecule has 2 N–H and O–H groups in total. The Morgan fingerprint density at radius 2 is 1.88 bits per heavy atom. The summed E-state index contributed by atoms with van der Waals surface area (Å²) in [5, 5.41) is 7.35. The SMILES string of the molecule is Cc1nc(CNC(=NCc2ccccc2)NCC(=O)N(C)C)sc1C.I. The minimum Gasteiger partial charge on any atom is -0.350 e. The second-order valence-corrected chi connectivity index (χ2v) is 7.18. The Morgan fingerprint density at radius 3 is 2.46 bits per heavy atom. The summed E-state index contributed by atoms with van der Waals surface area (Å²) in [6.45, 7) is 5.39. The number of amides is 1. The van der Waals surface area contributed by atoms with Crippen LogP contribution in [0.25, 0.3) is 0 Å². The van der Waals surface area contributed by atoms with E-state index < -0.39 is 0 Å². The van der Waals surface area contributed by atoms with Crippen LogP contribution in [0.2, 0.25) is 0 Å². The molecule has 0 unspecified atom stereocenters. The Morgan fingerprint density at radius 1 is 1.19 bits per heavy atom. The molecule has 0 atom stereocenters. The molecule has 0 fully saturated rings. The summed E-state index contributed by atoms with van der Waals surface area (Å²) in [4.78, 5) is 23.7. The smallest absolute Gasteiger partial charge is 0.241 e. The number of hydrogen-bond acceptors (Lipinski definition) is 4. The molecule has 1 heterocycles. The summed E-state index contributed by atoms with van der Waals surface area (Å²) in [5.74, 6) is 0.597. The van der Waals surface area contributed by atoms with E-state index in [1.165, 1.54) is 4.88 Å². The van der Waals surface area contributed by atoms with Gasteiger partial charge >= 0.3 is 0 Å². The van der Waals surface area contributed by atoms with Crippen LogP contribution in [0.1, 0.15) is 21.1 Å². The van der Waals surface area contributed by atoms with Crippen molar-refractivity contribution in [2.75, 3.05) is 20.6 Å². The molecule has 0 radical (unpaired) electrons. The van der Waals surface area contributed by atoms with Crippen molar-refractivity contribution < 1.29 is 4.79 Å². The van der Waals surface area contributed by atoms with Crippen molar-refractivity contribution in [3.63, 3.8) is 0 Å². The lowest BCUT2D eigenvalue weighted by Crippen LogP contribution is -2.42. The molecule has 1 aromatic carbocycles. The zero-order valence-electron chi connectivity index (χ0n) is 15.6. The second-order valence-electron chi connectivity index (χ2n) is 5.89. The van der Waals surface area contributed by atoms with Gasteiger partial charge < -0.3 is 15.5 Å². The van der Waals surface area contributed by atoms with Crippen LogP contribution in [0.4, 0.5) is 0 Å². The number of thiazole rings is 1. The topological polar surface area (TPSA) is 69.6 Å². The Kier molecular flexibility index (Phi) is 9.57. The molecule has 1 amide bonds.